The molecule has 0 radical (unpaired) electrons. The highest BCUT2D eigenvalue weighted by Gasteiger charge is 2.44. The Morgan fingerprint density at radius 3 is 2.34 bits per heavy atom. The van der Waals surface area contributed by atoms with Crippen LogP contribution in [0.25, 0.3) is 0 Å². The fraction of sp³-hybridized carbons (Fsp3) is 0.259. The average Bonchev–Trinajstić information content (AvgIpc) is 3.16. The Labute approximate surface area is 225 Å². The molecule has 1 aliphatic heterocycles. The molecule has 0 bridgehead atoms. The van der Waals surface area contributed by atoms with E-state index in [4.69, 9.17) is 26.4 Å². The number of benzene rings is 2. The highest BCUT2D eigenvalue weighted by molar-refractivity contribution is 7.80. The topological polar surface area (TPSA) is 93.2 Å². The molecule has 3 aromatic rings. The lowest BCUT2D eigenvalue weighted by Gasteiger charge is -2.23. The molecular weight excluding hydrogens is 511 g/mol. The maximum atomic E-state index is 13.5. The monoisotopic (exact) mass is 538 g/mol. The highest BCUT2D eigenvalue weighted by Crippen LogP contribution is 2.27. The molecule has 2 heterocycles. The predicted octanol–water partition coefficient (Wildman–Crippen LogP) is 3.79. The minimum absolute atomic E-state index is 0.164. The van der Waals surface area contributed by atoms with Gasteiger partial charge in [0.15, 0.2) is 5.11 Å². The fourth-order valence-corrected chi connectivity index (χ4v) is 4.35. The van der Waals surface area contributed by atoms with Crippen LogP contribution in [0.1, 0.15) is 12.0 Å². The number of rotatable bonds is 11. The van der Waals surface area contributed by atoms with Crippen molar-refractivity contribution >= 4 is 40.6 Å². The van der Waals surface area contributed by atoms with E-state index in [0.717, 1.165) is 11.3 Å². The van der Waals surface area contributed by atoms with Crippen molar-refractivity contribution in [2.45, 2.75) is 19.1 Å². The minimum atomic E-state index is -0.865. The van der Waals surface area contributed by atoms with Gasteiger partial charge in [0.1, 0.15) is 29.2 Å². The van der Waals surface area contributed by atoms with Crippen LogP contribution in [0.4, 0.5) is 15.9 Å². The summed E-state index contributed by atoms with van der Waals surface area (Å²) < 4.78 is 29.6. The summed E-state index contributed by atoms with van der Waals surface area (Å²) in [4.78, 5) is 33.4. The molecule has 2 aromatic carbocycles. The van der Waals surface area contributed by atoms with Crippen LogP contribution in [0.2, 0.25) is 0 Å². The van der Waals surface area contributed by atoms with E-state index in [1.807, 2.05) is 24.3 Å². The van der Waals surface area contributed by atoms with Gasteiger partial charge >= 0.3 is 0 Å². The standard InChI is InChI=1S/C27H27FN4O5S/c1-35-21-9-3-18(4-10-21)17-37-14-13-31-23(15-25(33)30-24-12-11-22(36-2)16-29-24)26(34)32(27(31)38)20-7-5-19(28)6-8-20/h3-12,16,23H,13-15,17H2,1-2H3,(H,29,30,33). The van der Waals surface area contributed by atoms with Crippen LogP contribution in [0.15, 0.2) is 66.9 Å². The van der Waals surface area contributed by atoms with Gasteiger partial charge in [-0.2, -0.15) is 0 Å². The van der Waals surface area contributed by atoms with E-state index in [2.05, 4.69) is 10.3 Å². The zero-order valence-electron chi connectivity index (χ0n) is 20.9. The molecule has 1 aliphatic rings. The summed E-state index contributed by atoms with van der Waals surface area (Å²) in [6.07, 6.45) is 1.32. The molecule has 38 heavy (non-hydrogen) atoms. The number of amides is 2. The lowest BCUT2D eigenvalue weighted by atomic mass is 10.1. The number of carbonyl (C=O) groups is 2. The third kappa shape index (κ3) is 6.42. The summed E-state index contributed by atoms with van der Waals surface area (Å²) in [5.41, 5.74) is 1.38. The van der Waals surface area contributed by atoms with Crippen molar-refractivity contribution in [3.63, 3.8) is 0 Å². The second-order valence-electron chi connectivity index (χ2n) is 8.38. The number of anilines is 2. The second kappa shape index (κ2) is 12.4. The Morgan fingerprint density at radius 2 is 1.71 bits per heavy atom. The number of thiocarbonyl (C=S) groups is 1. The van der Waals surface area contributed by atoms with Crippen molar-refractivity contribution in [2.75, 3.05) is 37.6 Å². The Balaban J connectivity index is 1.44. The highest BCUT2D eigenvalue weighted by atomic mass is 32.1. The number of hydrogen-bond donors (Lipinski definition) is 1. The maximum absolute atomic E-state index is 13.5. The molecule has 1 fully saturated rings. The van der Waals surface area contributed by atoms with E-state index in [9.17, 15) is 14.0 Å². The molecule has 1 aromatic heterocycles. The van der Waals surface area contributed by atoms with Crippen LogP contribution in [0.3, 0.4) is 0 Å². The largest absolute Gasteiger partial charge is 0.497 e. The Kier molecular flexibility index (Phi) is 8.82. The molecule has 1 atom stereocenters. The van der Waals surface area contributed by atoms with Gasteiger partial charge in [0.2, 0.25) is 5.91 Å². The quantitative estimate of drug-likeness (QED) is 0.291. The number of nitrogens with one attached hydrogen (secondary N) is 1. The van der Waals surface area contributed by atoms with Crippen LogP contribution >= 0.6 is 12.2 Å². The Morgan fingerprint density at radius 1 is 1.03 bits per heavy atom. The summed E-state index contributed by atoms with van der Waals surface area (Å²) in [7, 11) is 3.12. The van der Waals surface area contributed by atoms with Gasteiger partial charge in [-0.3, -0.25) is 14.5 Å². The summed E-state index contributed by atoms with van der Waals surface area (Å²) in [6, 6.07) is 15.4. The zero-order valence-corrected chi connectivity index (χ0v) is 21.7. The summed E-state index contributed by atoms with van der Waals surface area (Å²) in [5.74, 6) is 0.409. The van der Waals surface area contributed by atoms with Crippen LogP contribution in [-0.2, 0) is 20.9 Å². The third-order valence-electron chi connectivity index (χ3n) is 5.93. The van der Waals surface area contributed by atoms with E-state index in [-0.39, 0.29) is 30.6 Å². The van der Waals surface area contributed by atoms with E-state index in [1.165, 1.54) is 42.5 Å². The lowest BCUT2D eigenvalue weighted by Crippen LogP contribution is -2.39. The number of halogens is 1. The first-order valence-electron chi connectivity index (χ1n) is 11.8. The summed E-state index contributed by atoms with van der Waals surface area (Å²) in [5, 5.41) is 2.92. The van der Waals surface area contributed by atoms with E-state index >= 15 is 0 Å². The van der Waals surface area contributed by atoms with Gasteiger partial charge in [-0.05, 0) is 66.3 Å². The van der Waals surface area contributed by atoms with E-state index < -0.39 is 17.8 Å². The van der Waals surface area contributed by atoms with Crippen molar-refractivity contribution < 1.29 is 28.2 Å². The van der Waals surface area contributed by atoms with Crippen LogP contribution in [0, 0.1) is 5.82 Å². The van der Waals surface area contributed by atoms with Crippen molar-refractivity contribution in [1.29, 1.82) is 0 Å². The average molecular weight is 539 g/mol. The number of nitrogens with zero attached hydrogens (tertiary/aromatic N) is 3. The number of aromatic nitrogens is 1. The maximum Gasteiger partial charge on any atom is 0.256 e. The van der Waals surface area contributed by atoms with Gasteiger partial charge in [-0.25, -0.2) is 9.37 Å². The molecule has 1 N–H and O–H groups in total. The van der Waals surface area contributed by atoms with Crippen molar-refractivity contribution in [3.05, 3.63) is 78.2 Å². The first kappa shape index (κ1) is 27.0. The fourth-order valence-electron chi connectivity index (χ4n) is 3.93. The van der Waals surface area contributed by atoms with Crippen LogP contribution in [-0.4, -0.2) is 60.2 Å². The van der Waals surface area contributed by atoms with Gasteiger partial charge in [-0.15, -0.1) is 0 Å². The predicted molar refractivity (Wildman–Crippen MR) is 144 cm³/mol. The van der Waals surface area contributed by atoms with Gasteiger partial charge in [0, 0.05) is 6.54 Å². The van der Waals surface area contributed by atoms with E-state index in [0.29, 0.717) is 23.9 Å². The molecule has 0 saturated carbocycles. The first-order valence-corrected chi connectivity index (χ1v) is 12.2. The number of pyridine rings is 1. The molecular formula is C27H27FN4O5S. The first-order chi connectivity index (χ1) is 18.4. The molecule has 1 unspecified atom stereocenters. The Hall–Kier alpha value is -4.09. The molecule has 0 spiro atoms. The molecule has 198 valence electrons. The van der Waals surface area contributed by atoms with Gasteiger partial charge in [0.05, 0.1) is 45.7 Å². The normalized spacial score (nSPS) is 15.1. The second-order valence-corrected chi connectivity index (χ2v) is 8.74. The number of methoxy groups -OCH3 is 2. The van der Waals surface area contributed by atoms with Gasteiger partial charge in [-0.1, -0.05) is 12.1 Å². The van der Waals surface area contributed by atoms with Crippen LogP contribution < -0.4 is 19.7 Å². The molecule has 9 nitrogen and oxygen atoms in total. The molecule has 0 aliphatic carbocycles. The smallest absolute Gasteiger partial charge is 0.256 e. The van der Waals surface area contributed by atoms with Crippen molar-refractivity contribution in [3.8, 4) is 11.5 Å². The zero-order chi connectivity index (χ0) is 27.1. The SMILES string of the molecule is COc1ccc(COCCN2C(=S)N(c3ccc(F)cc3)C(=O)C2CC(=O)Nc2ccc(OC)cn2)cc1. The molecule has 1 saturated heterocycles. The van der Waals surface area contributed by atoms with Gasteiger partial charge in [0.25, 0.3) is 5.91 Å². The number of carbonyl (C=O) groups excluding carboxylic acids is 2. The van der Waals surface area contributed by atoms with Crippen molar-refractivity contribution in [1.82, 2.24) is 9.88 Å². The van der Waals surface area contributed by atoms with Crippen molar-refractivity contribution in [2.24, 2.45) is 0 Å². The van der Waals surface area contributed by atoms with E-state index in [1.54, 1.807) is 24.1 Å². The molecule has 2 amide bonds. The third-order valence-corrected chi connectivity index (χ3v) is 6.34. The Bertz CT molecular complexity index is 1270. The minimum Gasteiger partial charge on any atom is -0.497 e. The summed E-state index contributed by atoms with van der Waals surface area (Å²) >= 11 is 5.62. The number of ether oxygens (including phenoxy) is 3. The molecule has 4 rings (SSSR count). The molecule has 11 heteroatoms. The number of hydrogen-bond acceptors (Lipinski definition) is 7. The van der Waals surface area contributed by atoms with Crippen LogP contribution in [0.5, 0.6) is 11.5 Å². The lowest BCUT2D eigenvalue weighted by molar-refractivity contribution is -0.124. The van der Waals surface area contributed by atoms with Gasteiger partial charge < -0.3 is 24.4 Å². The summed E-state index contributed by atoms with van der Waals surface area (Å²) in [6.45, 7) is 0.889.